The molecule has 2 rings (SSSR count). The first kappa shape index (κ1) is 11.5. The van der Waals surface area contributed by atoms with Crippen LogP contribution in [-0.2, 0) is 6.42 Å². The maximum atomic E-state index is 5.57. The van der Waals surface area contributed by atoms with E-state index >= 15 is 0 Å². The first-order chi connectivity index (χ1) is 7.81. The summed E-state index contributed by atoms with van der Waals surface area (Å²) in [7, 11) is 0. The Hall–Kier alpha value is -0.950. The molecule has 0 bridgehead atoms. The fourth-order valence-electron chi connectivity index (χ4n) is 1.35. The van der Waals surface area contributed by atoms with Crippen LogP contribution in [0, 0.1) is 3.57 Å². The first-order valence-electron chi connectivity index (χ1n) is 5.08. The van der Waals surface area contributed by atoms with Gasteiger partial charge in [-0.1, -0.05) is 12.1 Å². The van der Waals surface area contributed by atoms with Crippen molar-refractivity contribution < 1.29 is 4.42 Å². The smallest absolute Gasteiger partial charge is 0.248 e. The predicted octanol–water partition coefficient (Wildman–Crippen LogP) is 2.23. The Labute approximate surface area is 107 Å². The quantitative estimate of drug-likeness (QED) is 0.874. The van der Waals surface area contributed by atoms with Crippen LogP contribution in [0.15, 0.2) is 28.7 Å². The van der Waals surface area contributed by atoms with Gasteiger partial charge in [0.05, 0.1) is 5.56 Å². The van der Waals surface area contributed by atoms with Gasteiger partial charge in [-0.3, -0.25) is 0 Å². The highest BCUT2D eigenvalue weighted by molar-refractivity contribution is 14.1. The molecule has 0 fully saturated rings. The number of halogens is 1. The molecule has 16 heavy (non-hydrogen) atoms. The molecule has 1 aromatic heterocycles. The van der Waals surface area contributed by atoms with Crippen LogP contribution < -0.4 is 5.73 Å². The van der Waals surface area contributed by atoms with E-state index in [0.717, 1.165) is 22.0 Å². The second kappa shape index (κ2) is 5.40. The van der Waals surface area contributed by atoms with Gasteiger partial charge in [-0.05, 0) is 47.7 Å². The second-order valence-corrected chi connectivity index (χ2v) is 4.54. The standard InChI is InChI=1S/C11H12IN3O/c12-9-5-2-1-4-8(9)11-15-14-10(16-11)6-3-7-13/h1-2,4-5H,3,6-7,13H2. The monoisotopic (exact) mass is 329 g/mol. The second-order valence-electron chi connectivity index (χ2n) is 3.37. The summed E-state index contributed by atoms with van der Waals surface area (Å²) in [5.74, 6) is 1.23. The van der Waals surface area contributed by atoms with Gasteiger partial charge in [-0.25, -0.2) is 0 Å². The van der Waals surface area contributed by atoms with Crippen molar-refractivity contribution in [3.05, 3.63) is 33.7 Å². The summed E-state index contributed by atoms with van der Waals surface area (Å²) in [6.45, 7) is 0.639. The third kappa shape index (κ3) is 2.59. The van der Waals surface area contributed by atoms with E-state index in [1.807, 2.05) is 24.3 Å². The van der Waals surface area contributed by atoms with Crippen molar-refractivity contribution in [3.8, 4) is 11.5 Å². The van der Waals surface area contributed by atoms with E-state index < -0.39 is 0 Å². The van der Waals surface area contributed by atoms with Crippen LogP contribution in [0.5, 0.6) is 0 Å². The van der Waals surface area contributed by atoms with Crippen molar-refractivity contribution >= 4 is 22.6 Å². The minimum atomic E-state index is 0.581. The van der Waals surface area contributed by atoms with Gasteiger partial charge < -0.3 is 10.2 Å². The van der Waals surface area contributed by atoms with Crippen molar-refractivity contribution in [2.75, 3.05) is 6.54 Å². The molecule has 0 aliphatic carbocycles. The summed E-state index contributed by atoms with van der Waals surface area (Å²) in [6.07, 6.45) is 1.61. The van der Waals surface area contributed by atoms with Crippen LogP contribution >= 0.6 is 22.6 Å². The Morgan fingerprint density at radius 3 is 2.81 bits per heavy atom. The molecule has 0 radical (unpaired) electrons. The average Bonchev–Trinajstić information content (AvgIpc) is 2.75. The van der Waals surface area contributed by atoms with E-state index in [1.165, 1.54) is 0 Å². The SMILES string of the molecule is NCCCc1nnc(-c2ccccc2I)o1. The number of nitrogens with two attached hydrogens (primary N) is 1. The Balaban J connectivity index is 2.22. The minimum Gasteiger partial charge on any atom is -0.421 e. The van der Waals surface area contributed by atoms with Gasteiger partial charge in [0, 0.05) is 9.99 Å². The lowest BCUT2D eigenvalue weighted by atomic mass is 10.2. The summed E-state index contributed by atoms with van der Waals surface area (Å²) in [4.78, 5) is 0. The van der Waals surface area contributed by atoms with Crippen LogP contribution in [0.1, 0.15) is 12.3 Å². The third-order valence-corrected chi connectivity index (χ3v) is 3.11. The highest BCUT2D eigenvalue weighted by atomic mass is 127. The Bertz CT molecular complexity index is 470. The van der Waals surface area contributed by atoms with Crippen molar-refractivity contribution in [1.29, 1.82) is 0 Å². The van der Waals surface area contributed by atoms with E-state index in [1.54, 1.807) is 0 Å². The fourth-order valence-corrected chi connectivity index (χ4v) is 1.97. The lowest BCUT2D eigenvalue weighted by Gasteiger charge is -1.97. The summed E-state index contributed by atoms with van der Waals surface area (Å²) >= 11 is 2.25. The molecular weight excluding hydrogens is 317 g/mol. The molecule has 2 aromatic rings. The van der Waals surface area contributed by atoms with Crippen molar-refractivity contribution in [3.63, 3.8) is 0 Å². The summed E-state index contributed by atoms with van der Waals surface area (Å²) in [5, 5.41) is 8.03. The average molecular weight is 329 g/mol. The number of aryl methyl sites for hydroxylation is 1. The Kier molecular flexibility index (Phi) is 3.89. The summed E-state index contributed by atoms with van der Waals surface area (Å²) in [6, 6.07) is 7.93. The number of hydrogen-bond donors (Lipinski definition) is 1. The predicted molar refractivity (Wildman–Crippen MR) is 69.8 cm³/mol. The molecule has 0 aliphatic heterocycles. The molecule has 0 saturated carbocycles. The fraction of sp³-hybridized carbons (Fsp3) is 0.273. The van der Waals surface area contributed by atoms with Crippen molar-refractivity contribution in [1.82, 2.24) is 10.2 Å². The number of rotatable bonds is 4. The van der Waals surface area contributed by atoms with E-state index in [4.69, 9.17) is 10.2 Å². The lowest BCUT2D eigenvalue weighted by Crippen LogP contribution is -2.00. The molecule has 2 N–H and O–H groups in total. The lowest BCUT2D eigenvalue weighted by molar-refractivity contribution is 0.498. The van der Waals surface area contributed by atoms with Gasteiger partial charge in [0.1, 0.15) is 0 Å². The Morgan fingerprint density at radius 1 is 1.25 bits per heavy atom. The van der Waals surface area contributed by atoms with Crippen LogP contribution in [0.2, 0.25) is 0 Å². The molecule has 0 spiro atoms. The van der Waals surface area contributed by atoms with Gasteiger partial charge >= 0.3 is 0 Å². The van der Waals surface area contributed by atoms with E-state index in [9.17, 15) is 0 Å². The van der Waals surface area contributed by atoms with Gasteiger partial charge in [0.2, 0.25) is 11.8 Å². The Morgan fingerprint density at radius 2 is 2.06 bits per heavy atom. The molecule has 0 unspecified atom stereocenters. The van der Waals surface area contributed by atoms with E-state index in [2.05, 4.69) is 32.8 Å². The van der Waals surface area contributed by atoms with E-state index in [0.29, 0.717) is 18.3 Å². The first-order valence-corrected chi connectivity index (χ1v) is 6.16. The number of benzene rings is 1. The van der Waals surface area contributed by atoms with E-state index in [-0.39, 0.29) is 0 Å². The maximum absolute atomic E-state index is 5.57. The van der Waals surface area contributed by atoms with Crippen LogP contribution in [0.25, 0.3) is 11.5 Å². The van der Waals surface area contributed by atoms with Gasteiger partial charge in [-0.15, -0.1) is 10.2 Å². The largest absolute Gasteiger partial charge is 0.421 e. The molecule has 0 atom stereocenters. The van der Waals surface area contributed by atoms with Crippen molar-refractivity contribution in [2.45, 2.75) is 12.8 Å². The molecule has 84 valence electrons. The van der Waals surface area contributed by atoms with Crippen LogP contribution in [0.4, 0.5) is 0 Å². The van der Waals surface area contributed by atoms with Crippen LogP contribution in [0.3, 0.4) is 0 Å². The van der Waals surface area contributed by atoms with Crippen LogP contribution in [-0.4, -0.2) is 16.7 Å². The number of hydrogen-bond acceptors (Lipinski definition) is 4. The molecule has 0 aliphatic rings. The maximum Gasteiger partial charge on any atom is 0.248 e. The summed E-state index contributed by atoms with van der Waals surface area (Å²) < 4.78 is 6.68. The number of aromatic nitrogens is 2. The minimum absolute atomic E-state index is 0.581. The normalized spacial score (nSPS) is 10.6. The molecule has 1 heterocycles. The summed E-state index contributed by atoms with van der Waals surface area (Å²) in [5.41, 5.74) is 6.41. The molecule has 0 saturated heterocycles. The zero-order chi connectivity index (χ0) is 11.4. The molecule has 0 amide bonds. The van der Waals surface area contributed by atoms with Gasteiger partial charge in [0.25, 0.3) is 0 Å². The zero-order valence-electron chi connectivity index (χ0n) is 8.69. The topological polar surface area (TPSA) is 64.9 Å². The molecule has 1 aromatic carbocycles. The molecule has 4 nitrogen and oxygen atoms in total. The zero-order valence-corrected chi connectivity index (χ0v) is 10.8. The molecule has 5 heteroatoms. The molecular formula is C11H12IN3O. The highest BCUT2D eigenvalue weighted by Gasteiger charge is 2.10. The van der Waals surface area contributed by atoms with Gasteiger partial charge in [-0.2, -0.15) is 0 Å². The van der Waals surface area contributed by atoms with Crippen molar-refractivity contribution in [2.24, 2.45) is 5.73 Å². The highest BCUT2D eigenvalue weighted by Crippen LogP contribution is 2.23. The van der Waals surface area contributed by atoms with Gasteiger partial charge in [0.15, 0.2) is 0 Å². The third-order valence-electron chi connectivity index (χ3n) is 2.17. The number of nitrogens with zero attached hydrogens (tertiary/aromatic N) is 2.